The van der Waals surface area contributed by atoms with Gasteiger partial charge in [-0.25, -0.2) is 0 Å². The first-order valence-electron chi connectivity index (χ1n) is 7.44. The number of ether oxygens (including phenoxy) is 1. The first kappa shape index (κ1) is 16.9. The smallest absolute Gasteiger partial charge is 0.0898 e. The molecule has 0 aliphatic heterocycles. The van der Waals surface area contributed by atoms with E-state index in [4.69, 9.17) is 4.74 Å². The number of rotatable bonds is 6. The van der Waals surface area contributed by atoms with Gasteiger partial charge in [0.25, 0.3) is 0 Å². The molecule has 1 rings (SSSR count). The zero-order valence-corrected chi connectivity index (χ0v) is 12.9. The summed E-state index contributed by atoms with van der Waals surface area (Å²) in [5.41, 5.74) is -0.425. The molecule has 0 aromatic carbocycles. The van der Waals surface area contributed by atoms with Gasteiger partial charge in [-0.3, -0.25) is 0 Å². The van der Waals surface area contributed by atoms with E-state index in [-0.39, 0.29) is 17.7 Å². The lowest BCUT2D eigenvalue weighted by Crippen LogP contribution is -2.53. The highest BCUT2D eigenvalue weighted by molar-refractivity contribution is 4.92. The van der Waals surface area contributed by atoms with Gasteiger partial charge in [0, 0.05) is 12.1 Å². The van der Waals surface area contributed by atoms with Crippen molar-refractivity contribution < 1.29 is 14.9 Å². The molecule has 4 nitrogen and oxygen atoms in total. The van der Waals surface area contributed by atoms with E-state index in [2.05, 4.69) is 12.2 Å². The number of hydrogen-bond donors (Lipinski definition) is 3. The molecule has 0 heterocycles. The van der Waals surface area contributed by atoms with E-state index in [1.165, 1.54) is 0 Å². The van der Waals surface area contributed by atoms with E-state index in [0.29, 0.717) is 13.2 Å². The molecule has 1 saturated carbocycles. The summed E-state index contributed by atoms with van der Waals surface area (Å²) in [5.74, 6) is 0.746. The molecule has 0 saturated heterocycles. The molecular formula is C15H31NO3. The lowest BCUT2D eigenvalue weighted by Gasteiger charge is -2.39. The van der Waals surface area contributed by atoms with Crippen LogP contribution in [0.3, 0.4) is 0 Å². The lowest BCUT2D eigenvalue weighted by atomic mass is 9.77. The Morgan fingerprint density at radius 2 is 1.89 bits per heavy atom. The second-order valence-corrected chi connectivity index (χ2v) is 7.08. The lowest BCUT2D eigenvalue weighted by molar-refractivity contribution is -0.0510. The van der Waals surface area contributed by atoms with Crippen molar-refractivity contribution in [2.75, 3.05) is 19.8 Å². The van der Waals surface area contributed by atoms with Gasteiger partial charge >= 0.3 is 0 Å². The third-order valence-corrected chi connectivity index (χ3v) is 3.96. The number of hydrogen-bond acceptors (Lipinski definition) is 4. The Hall–Kier alpha value is -0.160. The van der Waals surface area contributed by atoms with E-state index >= 15 is 0 Å². The molecular weight excluding hydrogens is 242 g/mol. The van der Waals surface area contributed by atoms with Gasteiger partial charge in [0.15, 0.2) is 0 Å². The Bertz CT molecular complexity index is 255. The maximum absolute atomic E-state index is 9.94. The van der Waals surface area contributed by atoms with Crippen molar-refractivity contribution in [2.24, 2.45) is 5.92 Å². The fourth-order valence-electron chi connectivity index (χ4n) is 2.44. The quantitative estimate of drug-likeness (QED) is 0.689. The van der Waals surface area contributed by atoms with Gasteiger partial charge in [-0.1, -0.05) is 6.92 Å². The van der Waals surface area contributed by atoms with Gasteiger partial charge in [0.1, 0.15) is 0 Å². The molecule has 0 aromatic rings. The third-order valence-electron chi connectivity index (χ3n) is 3.96. The van der Waals surface area contributed by atoms with Gasteiger partial charge in [-0.2, -0.15) is 0 Å². The Balaban J connectivity index is 2.33. The number of aliphatic hydroxyl groups is 2. The zero-order chi connectivity index (χ0) is 14.5. The summed E-state index contributed by atoms with van der Waals surface area (Å²) in [7, 11) is 0. The Morgan fingerprint density at radius 1 is 1.32 bits per heavy atom. The summed E-state index contributed by atoms with van der Waals surface area (Å²) in [4.78, 5) is 0. The molecule has 1 aliphatic rings. The van der Waals surface area contributed by atoms with Crippen molar-refractivity contribution in [3.05, 3.63) is 0 Å². The molecule has 0 aromatic heterocycles. The van der Waals surface area contributed by atoms with E-state index in [9.17, 15) is 10.2 Å². The minimum Gasteiger partial charge on any atom is -0.394 e. The van der Waals surface area contributed by atoms with Crippen LogP contribution in [0.5, 0.6) is 0 Å². The van der Waals surface area contributed by atoms with Gasteiger partial charge in [0.2, 0.25) is 0 Å². The molecule has 4 heteroatoms. The van der Waals surface area contributed by atoms with Gasteiger partial charge in [-0.15, -0.1) is 0 Å². The van der Waals surface area contributed by atoms with Gasteiger partial charge in [0.05, 0.1) is 24.9 Å². The normalized spacial score (nSPS) is 30.3. The molecule has 3 N–H and O–H groups in total. The highest BCUT2D eigenvalue weighted by atomic mass is 16.5. The number of β-amino-alcohol motifs (C(OH)–C–C–N with tert-alkyl or cyclic N) is 1. The maximum Gasteiger partial charge on any atom is 0.0898 e. The molecule has 0 amide bonds. The Kier molecular flexibility index (Phi) is 6.24. The van der Waals surface area contributed by atoms with Gasteiger partial charge in [-0.05, 0) is 52.4 Å². The Labute approximate surface area is 117 Å². The van der Waals surface area contributed by atoms with Crippen LogP contribution >= 0.6 is 0 Å². The summed E-state index contributed by atoms with van der Waals surface area (Å²) in [5, 5.41) is 22.9. The van der Waals surface area contributed by atoms with Crippen LogP contribution in [-0.4, -0.2) is 47.2 Å². The van der Waals surface area contributed by atoms with Crippen molar-refractivity contribution in [1.29, 1.82) is 0 Å². The predicted molar refractivity (Wildman–Crippen MR) is 77.2 cm³/mol. The summed E-state index contributed by atoms with van der Waals surface area (Å²) < 4.78 is 5.56. The summed E-state index contributed by atoms with van der Waals surface area (Å²) >= 11 is 0. The van der Waals surface area contributed by atoms with Crippen LogP contribution in [0.1, 0.15) is 53.4 Å². The third kappa shape index (κ3) is 6.21. The zero-order valence-electron chi connectivity index (χ0n) is 12.9. The van der Waals surface area contributed by atoms with Crippen LogP contribution in [-0.2, 0) is 4.74 Å². The second-order valence-electron chi connectivity index (χ2n) is 7.08. The minimum absolute atomic E-state index is 0.145. The number of nitrogens with one attached hydrogen (secondary N) is 1. The van der Waals surface area contributed by atoms with Crippen molar-refractivity contribution in [3.8, 4) is 0 Å². The highest BCUT2D eigenvalue weighted by Crippen LogP contribution is 2.31. The second kappa shape index (κ2) is 7.02. The molecule has 0 bridgehead atoms. The van der Waals surface area contributed by atoms with Crippen molar-refractivity contribution >= 4 is 0 Å². The van der Waals surface area contributed by atoms with E-state index in [0.717, 1.165) is 31.6 Å². The van der Waals surface area contributed by atoms with Crippen LogP contribution in [0.4, 0.5) is 0 Å². The van der Waals surface area contributed by atoms with E-state index < -0.39 is 6.10 Å². The standard InChI is InChI=1S/C15H31NO3/c1-12-5-7-15(11-17,8-6-12)16-9-13(18)10-19-14(2,3)4/h12-13,16-18H,5-11H2,1-4H3. The SMILES string of the molecule is CC1CCC(CO)(NCC(O)COC(C)(C)C)CC1. The van der Waals surface area contributed by atoms with Crippen molar-refractivity contribution in [2.45, 2.75) is 70.6 Å². The average molecular weight is 273 g/mol. The van der Waals surface area contributed by atoms with E-state index in [1.807, 2.05) is 20.8 Å². The van der Waals surface area contributed by atoms with Crippen LogP contribution in [0.25, 0.3) is 0 Å². The maximum atomic E-state index is 9.94. The summed E-state index contributed by atoms with van der Waals surface area (Å²) in [6.07, 6.45) is 3.72. The molecule has 1 fully saturated rings. The fourth-order valence-corrected chi connectivity index (χ4v) is 2.44. The molecule has 0 spiro atoms. The van der Waals surface area contributed by atoms with Crippen molar-refractivity contribution in [1.82, 2.24) is 5.32 Å². The first-order valence-corrected chi connectivity index (χ1v) is 7.44. The largest absolute Gasteiger partial charge is 0.394 e. The summed E-state index contributed by atoms with van der Waals surface area (Å²) in [6.45, 7) is 9.14. The molecule has 1 aliphatic carbocycles. The average Bonchev–Trinajstić information content (AvgIpc) is 2.35. The monoisotopic (exact) mass is 273 g/mol. The molecule has 0 radical (unpaired) electrons. The number of aliphatic hydroxyl groups excluding tert-OH is 2. The minimum atomic E-state index is -0.526. The topological polar surface area (TPSA) is 61.7 Å². The van der Waals surface area contributed by atoms with Crippen molar-refractivity contribution in [3.63, 3.8) is 0 Å². The van der Waals surface area contributed by atoms with Crippen LogP contribution in [0.15, 0.2) is 0 Å². The predicted octanol–water partition coefficient (Wildman–Crippen LogP) is 1.69. The Morgan fingerprint density at radius 3 is 2.37 bits per heavy atom. The molecule has 19 heavy (non-hydrogen) atoms. The van der Waals surface area contributed by atoms with Crippen LogP contribution in [0, 0.1) is 5.92 Å². The molecule has 1 unspecified atom stereocenters. The molecule has 114 valence electrons. The summed E-state index contributed by atoms with van der Waals surface area (Å²) in [6, 6.07) is 0. The molecule has 1 atom stereocenters. The first-order chi connectivity index (χ1) is 8.76. The van der Waals surface area contributed by atoms with Crippen LogP contribution in [0.2, 0.25) is 0 Å². The van der Waals surface area contributed by atoms with Gasteiger partial charge < -0.3 is 20.3 Å². The fraction of sp³-hybridized carbons (Fsp3) is 1.00. The highest BCUT2D eigenvalue weighted by Gasteiger charge is 2.33. The van der Waals surface area contributed by atoms with Crippen LogP contribution < -0.4 is 5.32 Å². The van der Waals surface area contributed by atoms with E-state index in [1.54, 1.807) is 0 Å².